The summed E-state index contributed by atoms with van der Waals surface area (Å²) in [6.45, 7) is 0.549. The Balaban J connectivity index is 2.54. The highest BCUT2D eigenvalue weighted by Gasteiger charge is 2.31. The van der Waals surface area contributed by atoms with Crippen molar-refractivity contribution in [2.24, 2.45) is 5.73 Å². The summed E-state index contributed by atoms with van der Waals surface area (Å²) in [7, 11) is 1.78. The quantitative estimate of drug-likeness (QED) is 0.472. The van der Waals surface area contributed by atoms with Crippen LogP contribution < -0.4 is 5.73 Å². The van der Waals surface area contributed by atoms with Crippen LogP contribution in [0.25, 0.3) is 0 Å². The van der Waals surface area contributed by atoms with Crippen LogP contribution in [0.3, 0.4) is 0 Å². The van der Waals surface area contributed by atoms with Crippen LogP contribution in [0.2, 0.25) is 0 Å². The minimum absolute atomic E-state index is 0.269. The standard InChI is InChI=1S/C6H12N2O2/c1-8-3-4(9)2-5(8)6(7)10/h4-5,9H,2-3H2,1H3,(H2,7,10)/t4-,5?/m1/s1. The number of nitrogens with zero attached hydrogens (tertiary/aromatic N) is 1. The second-order valence-corrected chi connectivity index (χ2v) is 2.75. The molecule has 0 bridgehead atoms. The number of β-amino-alcohol motifs (C(OH)–C–C–N with tert-alkyl or cyclic N) is 1. The van der Waals surface area contributed by atoms with Crippen LogP contribution in [0.4, 0.5) is 0 Å². The summed E-state index contributed by atoms with van der Waals surface area (Å²) in [4.78, 5) is 12.4. The lowest BCUT2D eigenvalue weighted by molar-refractivity contribution is -0.121. The van der Waals surface area contributed by atoms with E-state index in [4.69, 9.17) is 10.8 Å². The van der Waals surface area contributed by atoms with Crippen molar-refractivity contribution in [2.45, 2.75) is 18.6 Å². The number of aliphatic hydroxyl groups excluding tert-OH is 1. The van der Waals surface area contributed by atoms with Gasteiger partial charge in [-0.3, -0.25) is 9.69 Å². The van der Waals surface area contributed by atoms with E-state index in [1.54, 1.807) is 11.9 Å². The van der Waals surface area contributed by atoms with Crippen molar-refractivity contribution in [3.8, 4) is 0 Å². The predicted molar refractivity (Wildman–Crippen MR) is 36.2 cm³/mol. The largest absolute Gasteiger partial charge is 0.392 e. The Labute approximate surface area is 59.6 Å². The van der Waals surface area contributed by atoms with Gasteiger partial charge in [-0.1, -0.05) is 0 Å². The first kappa shape index (κ1) is 7.50. The van der Waals surface area contributed by atoms with Crippen LogP contribution in [0.1, 0.15) is 6.42 Å². The number of aliphatic hydroxyl groups is 1. The first-order valence-electron chi connectivity index (χ1n) is 3.29. The van der Waals surface area contributed by atoms with Crippen molar-refractivity contribution >= 4 is 5.91 Å². The highest BCUT2D eigenvalue weighted by Crippen LogP contribution is 2.14. The van der Waals surface area contributed by atoms with Crippen molar-refractivity contribution in [1.82, 2.24) is 4.90 Å². The zero-order chi connectivity index (χ0) is 7.72. The topological polar surface area (TPSA) is 66.6 Å². The molecule has 1 fully saturated rings. The number of carbonyl (C=O) groups excluding carboxylic acids is 1. The molecule has 10 heavy (non-hydrogen) atoms. The Hall–Kier alpha value is -0.610. The molecule has 58 valence electrons. The number of amides is 1. The minimum atomic E-state index is -0.387. The lowest BCUT2D eigenvalue weighted by atomic mass is 10.2. The Kier molecular flexibility index (Phi) is 1.92. The molecule has 0 aliphatic carbocycles. The summed E-state index contributed by atoms with van der Waals surface area (Å²) in [5, 5.41) is 9.07. The van der Waals surface area contributed by atoms with E-state index in [2.05, 4.69) is 0 Å². The molecule has 0 aromatic rings. The van der Waals surface area contributed by atoms with Crippen molar-refractivity contribution in [3.63, 3.8) is 0 Å². The molecule has 1 aliphatic heterocycles. The van der Waals surface area contributed by atoms with E-state index in [0.29, 0.717) is 13.0 Å². The average Bonchev–Trinajstić information content (AvgIpc) is 2.10. The molecule has 4 nitrogen and oxygen atoms in total. The van der Waals surface area contributed by atoms with Gasteiger partial charge in [0.1, 0.15) is 0 Å². The minimum Gasteiger partial charge on any atom is -0.392 e. The summed E-state index contributed by atoms with van der Waals surface area (Å²) in [6, 6.07) is -0.269. The smallest absolute Gasteiger partial charge is 0.234 e. The van der Waals surface area contributed by atoms with E-state index in [1.165, 1.54) is 0 Å². The van der Waals surface area contributed by atoms with Gasteiger partial charge >= 0.3 is 0 Å². The third-order valence-corrected chi connectivity index (χ3v) is 1.85. The predicted octanol–water partition coefficient (Wildman–Crippen LogP) is -1.46. The highest BCUT2D eigenvalue weighted by atomic mass is 16.3. The number of hydrogen-bond acceptors (Lipinski definition) is 3. The zero-order valence-corrected chi connectivity index (χ0v) is 5.95. The Morgan fingerprint density at radius 3 is 2.60 bits per heavy atom. The van der Waals surface area contributed by atoms with Crippen LogP contribution in [-0.4, -0.2) is 41.7 Å². The number of nitrogens with two attached hydrogens (primary N) is 1. The third-order valence-electron chi connectivity index (χ3n) is 1.85. The summed E-state index contributed by atoms with van der Waals surface area (Å²) in [6.07, 6.45) is 0.0914. The fraction of sp³-hybridized carbons (Fsp3) is 0.833. The number of carbonyl (C=O) groups is 1. The monoisotopic (exact) mass is 144 g/mol. The summed E-state index contributed by atoms with van der Waals surface area (Å²) >= 11 is 0. The second kappa shape index (κ2) is 2.56. The van der Waals surface area contributed by atoms with Gasteiger partial charge in [-0.15, -0.1) is 0 Å². The van der Waals surface area contributed by atoms with E-state index in [-0.39, 0.29) is 18.1 Å². The normalized spacial score (nSPS) is 34.6. The second-order valence-electron chi connectivity index (χ2n) is 2.75. The average molecular weight is 144 g/mol. The maximum atomic E-state index is 10.6. The fourth-order valence-electron chi connectivity index (χ4n) is 1.31. The molecule has 2 atom stereocenters. The van der Waals surface area contributed by atoms with Crippen LogP contribution in [0, 0.1) is 0 Å². The van der Waals surface area contributed by atoms with Crippen LogP contribution in [0.5, 0.6) is 0 Å². The number of rotatable bonds is 1. The first-order chi connectivity index (χ1) is 4.61. The van der Waals surface area contributed by atoms with Gasteiger partial charge in [-0.25, -0.2) is 0 Å². The van der Waals surface area contributed by atoms with Gasteiger partial charge < -0.3 is 10.8 Å². The lowest BCUT2D eigenvalue weighted by Crippen LogP contribution is -2.37. The molecule has 1 saturated heterocycles. The van der Waals surface area contributed by atoms with E-state index in [0.717, 1.165) is 0 Å². The van der Waals surface area contributed by atoms with Crippen LogP contribution in [0.15, 0.2) is 0 Å². The van der Waals surface area contributed by atoms with Gasteiger partial charge in [0.15, 0.2) is 0 Å². The van der Waals surface area contributed by atoms with Crippen LogP contribution in [-0.2, 0) is 4.79 Å². The number of hydrogen-bond donors (Lipinski definition) is 2. The van der Waals surface area contributed by atoms with Crippen molar-refractivity contribution < 1.29 is 9.90 Å². The summed E-state index contributed by atoms with van der Waals surface area (Å²) in [5.41, 5.74) is 5.06. The molecule has 4 heteroatoms. The number of likely N-dealkylation sites (N-methyl/N-ethyl adjacent to an activating group) is 1. The molecular formula is C6H12N2O2. The Morgan fingerprint density at radius 1 is 1.80 bits per heavy atom. The van der Waals surface area contributed by atoms with Crippen molar-refractivity contribution in [3.05, 3.63) is 0 Å². The van der Waals surface area contributed by atoms with Gasteiger partial charge in [0.25, 0.3) is 0 Å². The fourth-order valence-corrected chi connectivity index (χ4v) is 1.31. The molecule has 0 spiro atoms. The van der Waals surface area contributed by atoms with Gasteiger partial charge in [0.05, 0.1) is 12.1 Å². The molecule has 0 aromatic heterocycles. The highest BCUT2D eigenvalue weighted by molar-refractivity contribution is 5.80. The van der Waals surface area contributed by atoms with E-state index in [9.17, 15) is 4.79 Å². The third kappa shape index (κ3) is 1.27. The molecule has 1 unspecified atom stereocenters. The number of primary amides is 1. The van der Waals surface area contributed by atoms with Gasteiger partial charge in [-0.05, 0) is 13.5 Å². The van der Waals surface area contributed by atoms with Crippen LogP contribution >= 0.6 is 0 Å². The summed E-state index contributed by atoms with van der Waals surface area (Å²) in [5.74, 6) is -0.348. The van der Waals surface area contributed by atoms with Gasteiger partial charge in [-0.2, -0.15) is 0 Å². The van der Waals surface area contributed by atoms with Crippen molar-refractivity contribution in [1.29, 1.82) is 0 Å². The van der Waals surface area contributed by atoms with Gasteiger partial charge in [0, 0.05) is 6.54 Å². The maximum absolute atomic E-state index is 10.6. The van der Waals surface area contributed by atoms with Crippen molar-refractivity contribution in [2.75, 3.05) is 13.6 Å². The lowest BCUT2D eigenvalue weighted by Gasteiger charge is -2.13. The Morgan fingerprint density at radius 2 is 2.40 bits per heavy atom. The van der Waals surface area contributed by atoms with E-state index >= 15 is 0 Å². The molecule has 0 saturated carbocycles. The first-order valence-corrected chi connectivity index (χ1v) is 3.29. The molecule has 1 amide bonds. The van der Waals surface area contributed by atoms with E-state index < -0.39 is 0 Å². The molecule has 1 rings (SSSR count). The molecule has 0 radical (unpaired) electrons. The summed E-state index contributed by atoms with van der Waals surface area (Å²) < 4.78 is 0. The molecular weight excluding hydrogens is 132 g/mol. The van der Waals surface area contributed by atoms with E-state index in [1.807, 2.05) is 0 Å². The molecule has 0 aromatic carbocycles. The SMILES string of the molecule is CN1C[C@H](O)CC1C(N)=O. The molecule has 3 N–H and O–H groups in total. The molecule has 1 heterocycles. The maximum Gasteiger partial charge on any atom is 0.234 e. The molecule has 1 aliphatic rings. The Bertz CT molecular complexity index is 149. The van der Waals surface area contributed by atoms with Gasteiger partial charge in [0.2, 0.25) is 5.91 Å². The zero-order valence-electron chi connectivity index (χ0n) is 5.95. The number of likely N-dealkylation sites (tertiary alicyclic amines) is 1.